The monoisotopic (exact) mass is 265 g/mol. The Labute approximate surface area is 109 Å². The third kappa shape index (κ3) is 2.61. The summed E-state index contributed by atoms with van der Waals surface area (Å²) in [6.45, 7) is 4.13. The fraction of sp³-hybridized carbons (Fsp3) is 0.545. The molecule has 2 aromatic rings. The molecule has 0 aromatic carbocycles. The summed E-state index contributed by atoms with van der Waals surface area (Å²) in [7, 11) is 1.31. The highest BCUT2D eigenvalue weighted by molar-refractivity contribution is 5.88. The molecule has 8 heteroatoms. The summed E-state index contributed by atoms with van der Waals surface area (Å²) in [5.74, 6) is 0.511. The van der Waals surface area contributed by atoms with Gasteiger partial charge < -0.3 is 9.15 Å². The molecular formula is C11H15N5O3. The molecule has 0 bridgehead atoms. The van der Waals surface area contributed by atoms with Gasteiger partial charge in [-0.3, -0.25) is 0 Å². The zero-order chi connectivity index (χ0) is 13.8. The maximum Gasteiger partial charge on any atom is 0.360 e. The minimum atomic E-state index is -0.497. The number of carbonyl (C=O) groups is 1. The predicted octanol–water partition coefficient (Wildman–Crippen LogP) is 0.621. The fourth-order valence-corrected chi connectivity index (χ4v) is 1.69. The summed E-state index contributed by atoms with van der Waals surface area (Å²) in [6, 6.07) is 0. The molecular weight excluding hydrogens is 250 g/mol. The van der Waals surface area contributed by atoms with Crippen molar-refractivity contribution in [3.63, 3.8) is 0 Å². The van der Waals surface area contributed by atoms with E-state index in [-0.39, 0.29) is 5.69 Å². The van der Waals surface area contributed by atoms with E-state index >= 15 is 0 Å². The van der Waals surface area contributed by atoms with Gasteiger partial charge in [0, 0.05) is 6.42 Å². The van der Waals surface area contributed by atoms with Crippen LogP contribution in [0.1, 0.15) is 41.8 Å². The van der Waals surface area contributed by atoms with Gasteiger partial charge in [-0.05, 0) is 6.42 Å². The van der Waals surface area contributed by atoms with Crippen molar-refractivity contribution in [1.29, 1.82) is 0 Å². The van der Waals surface area contributed by atoms with Gasteiger partial charge in [-0.15, -0.1) is 15.3 Å². The van der Waals surface area contributed by atoms with Crippen molar-refractivity contribution in [1.82, 2.24) is 25.2 Å². The fourth-order valence-electron chi connectivity index (χ4n) is 1.69. The number of ether oxygens (including phenoxy) is 1. The summed E-state index contributed by atoms with van der Waals surface area (Å²) in [5, 5.41) is 15.5. The van der Waals surface area contributed by atoms with Crippen LogP contribution in [0.25, 0.3) is 0 Å². The molecule has 0 saturated carbocycles. The first kappa shape index (κ1) is 13.2. The van der Waals surface area contributed by atoms with Gasteiger partial charge in [-0.25, -0.2) is 9.48 Å². The van der Waals surface area contributed by atoms with Gasteiger partial charge >= 0.3 is 5.97 Å². The number of methoxy groups -OCH3 is 1. The second-order valence-electron chi connectivity index (χ2n) is 3.83. The molecule has 2 rings (SSSR count). The third-order valence-corrected chi connectivity index (χ3v) is 2.65. The minimum Gasteiger partial charge on any atom is -0.464 e. The van der Waals surface area contributed by atoms with E-state index in [0.717, 1.165) is 0 Å². The largest absolute Gasteiger partial charge is 0.464 e. The highest BCUT2D eigenvalue weighted by atomic mass is 16.5. The Morgan fingerprint density at radius 1 is 1.21 bits per heavy atom. The highest BCUT2D eigenvalue weighted by Gasteiger charge is 2.20. The van der Waals surface area contributed by atoms with Gasteiger partial charge in [0.25, 0.3) is 0 Å². The Bertz CT molecular complexity index is 575. The Balaban J connectivity index is 2.25. The molecule has 2 aromatic heterocycles. The summed E-state index contributed by atoms with van der Waals surface area (Å²) in [5.41, 5.74) is 0.906. The second kappa shape index (κ2) is 5.59. The number of nitrogens with zero attached hydrogens (tertiary/aromatic N) is 5. The number of carbonyl (C=O) groups excluding carboxylic acids is 1. The number of aryl methyl sites for hydroxylation is 1. The molecule has 0 unspecified atom stereocenters. The molecule has 102 valence electrons. The SMILES string of the molecule is CCc1nnc(Cn2nnc(C(=O)OC)c2CC)o1. The number of esters is 1. The second-order valence-corrected chi connectivity index (χ2v) is 3.83. The molecule has 0 atom stereocenters. The molecule has 0 N–H and O–H groups in total. The molecule has 0 aliphatic rings. The molecule has 0 fully saturated rings. The maximum absolute atomic E-state index is 11.5. The van der Waals surface area contributed by atoms with Crippen molar-refractivity contribution in [2.24, 2.45) is 0 Å². The standard InChI is InChI=1S/C11H15N5O3/c1-4-7-10(11(17)18-3)14-15-16(7)6-9-13-12-8(5-2)19-9/h4-6H2,1-3H3. The van der Waals surface area contributed by atoms with Crippen molar-refractivity contribution < 1.29 is 13.9 Å². The van der Waals surface area contributed by atoms with E-state index < -0.39 is 5.97 Å². The third-order valence-electron chi connectivity index (χ3n) is 2.65. The Morgan fingerprint density at radius 3 is 2.53 bits per heavy atom. The average Bonchev–Trinajstić information content (AvgIpc) is 3.04. The molecule has 19 heavy (non-hydrogen) atoms. The summed E-state index contributed by atoms with van der Waals surface area (Å²) >= 11 is 0. The van der Waals surface area contributed by atoms with Crippen molar-refractivity contribution in [2.45, 2.75) is 33.2 Å². The molecule has 2 heterocycles. The van der Waals surface area contributed by atoms with Crippen molar-refractivity contribution in [3.05, 3.63) is 23.2 Å². The first-order chi connectivity index (χ1) is 9.19. The first-order valence-corrected chi connectivity index (χ1v) is 6.01. The lowest BCUT2D eigenvalue weighted by Gasteiger charge is -2.02. The molecule has 0 spiro atoms. The van der Waals surface area contributed by atoms with Gasteiger partial charge in [0.15, 0.2) is 5.69 Å². The van der Waals surface area contributed by atoms with Crippen LogP contribution >= 0.6 is 0 Å². The Morgan fingerprint density at radius 2 is 1.95 bits per heavy atom. The van der Waals surface area contributed by atoms with Crippen LogP contribution in [-0.2, 0) is 24.1 Å². The van der Waals surface area contributed by atoms with Crippen molar-refractivity contribution in [3.8, 4) is 0 Å². The van der Waals surface area contributed by atoms with E-state index in [1.54, 1.807) is 4.68 Å². The van der Waals surface area contributed by atoms with E-state index in [1.807, 2.05) is 13.8 Å². The van der Waals surface area contributed by atoms with Crippen LogP contribution < -0.4 is 0 Å². The van der Waals surface area contributed by atoms with Crippen LogP contribution in [0.5, 0.6) is 0 Å². The van der Waals surface area contributed by atoms with Crippen LogP contribution in [0, 0.1) is 0 Å². The number of hydrogen-bond donors (Lipinski definition) is 0. The summed E-state index contributed by atoms with van der Waals surface area (Å²) < 4.78 is 11.6. The van der Waals surface area contributed by atoms with Gasteiger partial charge in [0.2, 0.25) is 11.8 Å². The molecule has 0 saturated heterocycles. The minimum absolute atomic E-state index is 0.222. The number of aromatic nitrogens is 5. The van der Waals surface area contributed by atoms with Gasteiger partial charge in [0.05, 0.1) is 12.8 Å². The summed E-state index contributed by atoms with van der Waals surface area (Å²) in [4.78, 5) is 11.5. The van der Waals surface area contributed by atoms with Gasteiger partial charge in [0.1, 0.15) is 6.54 Å². The quantitative estimate of drug-likeness (QED) is 0.731. The smallest absolute Gasteiger partial charge is 0.360 e. The zero-order valence-corrected chi connectivity index (χ0v) is 11.1. The average molecular weight is 265 g/mol. The van der Waals surface area contributed by atoms with E-state index in [4.69, 9.17) is 4.42 Å². The zero-order valence-electron chi connectivity index (χ0n) is 11.1. The number of rotatable bonds is 5. The lowest BCUT2D eigenvalue weighted by molar-refractivity contribution is 0.0592. The molecule has 0 aliphatic carbocycles. The molecule has 8 nitrogen and oxygen atoms in total. The molecule has 0 aliphatic heterocycles. The lowest BCUT2D eigenvalue weighted by atomic mass is 10.2. The van der Waals surface area contributed by atoms with Crippen LogP contribution in [0.2, 0.25) is 0 Å². The lowest BCUT2D eigenvalue weighted by Crippen LogP contribution is -2.10. The number of hydrogen-bond acceptors (Lipinski definition) is 7. The normalized spacial score (nSPS) is 10.7. The summed E-state index contributed by atoms with van der Waals surface area (Å²) in [6.07, 6.45) is 1.28. The first-order valence-electron chi connectivity index (χ1n) is 6.01. The van der Waals surface area contributed by atoms with E-state index in [9.17, 15) is 4.79 Å². The van der Waals surface area contributed by atoms with Crippen molar-refractivity contribution in [2.75, 3.05) is 7.11 Å². The van der Waals surface area contributed by atoms with Crippen LogP contribution in [0.15, 0.2) is 4.42 Å². The molecule has 0 radical (unpaired) electrons. The predicted molar refractivity (Wildman–Crippen MR) is 63.5 cm³/mol. The van der Waals surface area contributed by atoms with Crippen LogP contribution in [-0.4, -0.2) is 38.3 Å². The topological polar surface area (TPSA) is 95.9 Å². The Kier molecular flexibility index (Phi) is 3.88. The van der Waals surface area contributed by atoms with Crippen LogP contribution in [0.4, 0.5) is 0 Å². The van der Waals surface area contributed by atoms with Crippen molar-refractivity contribution >= 4 is 5.97 Å². The maximum atomic E-state index is 11.5. The highest BCUT2D eigenvalue weighted by Crippen LogP contribution is 2.10. The van der Waals surface area contributed by atoms with E-state index in [1.165, 1.54) is 7.11 Å². The van der Waals surface area contributed by atoms with Gasteiger partial charge in [-0.1, -0.05) is 19.1 Å². The molecule has 0 amide bonds. The van der Waals surface area contributed by atoms with Crippen LogP contribution in [0.3, 0.4) is 0 Å². The Hall–Kier alpha value is -2.25. The van der Waals surface area contributed by atoms with Gasteiger partial charge in [-0.2, -0.15) is 0 Å². The van der Waals surface area contributed by atoms with E-state index in [2.05, 4.69) is 25.2 Å². The van der Waals surface area contributed by atoms with E-state index in [0.29, 0.717) is 36.9 Å².